The Morgan fingerprint density at radius 1 is 1.04 bits per heavy atom. The SMILES string of the molecule is O=C(c1cccc(F)c1)N1CCN(C[C@H](O)c2ccccc2)CC1. The summed E-state index contributed by atoms with van der Waals surface area (Å²) >= 11 is 0. The predicted molar refractivity (Wildman–Crippen MR) is 90.1 cm³/mol. The van der Waals surface area contributed by atoms with E-state index in [4.69, 9.17) is 0 Å². The van der Waals surface area contributed by atoms with E-state index in [1.54, 1.807) is 17.0 Å². The Morgan fingerprint density at radius 3 is 2.42 bits per heavy atom. The van der Waals surface area contributed by atoms with Crippen molar-refractivity contribution in [2.24, 2.45) is 0 Å². The van der Waals surface area contributed by atoms with Gasteiger partial charge in [-0.05, 0) is 23.8 Å². The summed E-state index contributed by atoms with van der Waals surface area (Å²) in [6, 6.07) is 15.4. The van der Waals surface area contributed by atoms with Gasteiger partial charge in [-0.15, -0.1) is 0 Å². The maximum Gasteiger partial charge on any atom is 0.254 e. The highest BCUT2D eigenvalue weighted by Gasteiger charge is 2.23. The summed E-state index contributed by atoms with van der Waals surface area (Å²) in [7, 11) is 0. The van der Waals surface area contributed by atoms with Crippen LogP contribution < -0.4 is 0 Å². The number of rotatable bonds is 4. The highest BCUT2D eigenvalue weighted by Crippen LogP contribution is 2.16. The first-order valence-electron chi connectivity index (χ1n) is 8.14. The molecule has 0 bridgehead atoms. The third kappa shape index (κ3) is 3.99. The van der Waals surface area contributed by atoms with Crippen LogP contribution in [0.1, 0.15) is 22.0 Å². The van der Waals surface area contributed by atoms with E-state index < -0.39 is 11.9 Å². The summed E-state index contributed by atoms with van der Waals surface area (Å²) in [4.78, 5) is 16.3. The van der Waals surface area contributed by atoms with E-state index in [1.807, 2.05) is 30.3 Å². The minimum atomic E-state index is -0.531. The van der Waals surface area contributed by atoms with E-state index in [0.717, 1.165) is 5.56 Å². The highest BCUT2D eigenvalue weighted by atomic mass is 19.1. The van der Waals surface area contributed by atoms with E-state index in [0.29, 0.717) is 38.3 Å². The van der Waals surface area contributed by atoms with Gasteiger partial charge in [-0.3, -0.25) is 9.69 Å². The number of aliphatic hydroxyl groups excluding tert-OH is 1. The van der Waals surface area contributed by atoms with Gasteiger partial charge < -0.3 is 10.0 Å². The molecule has 0 saturated carbocycles. The van der Waals surface area contributed by atoms with Crippen molar-refractivity contribution >= 4 is 5.91 Å². The lowest BCUT2D eigenvalue weighted by atomic mass is 10.1. The van der Waals surface area contributed by atoms with Crippen LogP contribution in [0.4, 0.5) is 4.39 Å². The van der Waals surface area contributed by atoms with Crippen molar-refractivity contribution in [1.29, 1.82) is 0 Å². The zero-order chi connectivity index (χ0) is 16.9. The summed E-state index contributed by atoms with van der Waals surface area (Å²) in [5, 5.41) is 10.3. The molecule has 1 N–H and O–H groups in total. The fraction of sp³-hybridized carbons (Fsp3) is 0.316. The monoisotopic (exact) mass is 328 g/mol. The van der Waals surface area contributed by atoms with Gasteiger partial charge in [0.05, 0.1) is 6.10 Å². The minimum Gasteiger partial charge on any atom is -0.387 e. The van der Waals surface area contributed by atoms with E-state index in [-0.39, 0.29) is 5.91 Å². The zero-order valence-corrected chi connectivity index (χ0v) is 13.4. The van der Waals surface area contributed by atoms with Crippen LogP contribution in [0.5, 0.6) is 0 Å². The van der Waals surface area contributed by atoms with Gasteiger partial charge in [0.25, 0.3) is 5.91 Å². The Kier molecular flexibility index (Phi) is 5.23. The van der Waals surface area contributed by atoms with Gasteiger partial charge in [0.15, 0.2) is 0 Å². The number of amides is 1. The summed E-state index contributed by atoms with van der Waals surface area (Å²) in [6.45, 7) is 3.11. The number of carbonyl (C=O) groups is 1. The van der Waals surface area contributed by atoms with Crippen molar-refractivity contribution in [2.75, 3.05) is 32.7 Å². The van der Waals surface area contributed by atoms with Crippen molar-refractivity contribution in [3.8, 4) is 0 Å². The zero-order valence-electron chi connectivity index (χ0n) is 13.4. The summed E-state index contributed by atoms with van der Waals surface area (Å²) in [6.07, 6.45) is -0.531. The number of piperazine rings is 1. The molecule has 1 atom stereocenters. The van der Waals surface area contributed by atoms with Crippen LogP contribution in [0.3, 0.4) is 0 Å². The van der Waals surface area contributed by atoms with E-state index in [9.17, 15) is 14.3 Å². The van der Waals surface area contributed by atoms with Gasteiger partial charge in [-0.1, -0.05) is 36.4 Å². The van der Waals surface area contributed by atoms with Crippen molar-refractivity contribution < 1.29 is 14.3 Å². The quantitative estimate of drug-likeness (QED) is 0.937. The maximum absolute atomic E-state index is 13.3. The second-order valence-electron chi connectivity index (χ2n) is 6.03. The Bertz CT molecular complexity index is 685. The van der Waals surface area contributed by atoms with Crippen molar-refractivity contribution in [3.05, 3.63) is 71.5 Å². The van der Waals surface area contributed by atoms with Crippen LogP contribution in [-0.2, 0) is 0 Å². The van der Waals surface area contributed by atoms with Gasteiger partial charge in [-0.2, -0.15) is 0 Å². The third-order valence-electron chi connectivity index (χ3n) is 4.35. The van der Waals surface area contributed by atoms with Crippen LogP contribution in [0, 0.1) is 5.82 Å². The number of benzene rings is 2. The van der Waals surface area contributed by atoms with E-state index >= 15 is 0 Å². The number of nitrogens with zero attached hydrogens (tertiary/aromatic N) is 2. The second kappa shape index (κ2) is 7.55. The average Bonchev–Trinajstić information content (AvgIpc) is 2.62. The lowest BCUT2D eigenvalue weighted by molar-refractivity contribution is 0.0527. The normalized spacial score (nSPS) is 16.8. The topological polar surface area (TPSA) is 43.8 Å². The molecule has 4 nitrogen and oxygen atoms in total. The molecule has 3 rings (SSSR count). The first kappa shape index (κ1) is 16.6. The molecule has 2 aromatic rings. The molecule has 24 heavy (non-hydrogen) atoms. The molecule has 1 aliphatic heterocycles. The first-order chi connectivity index (χ1) is 11.6. The molecule has 0 radical (unpaired) electrons. The highest BCUT2D eigenvalue weighted by molar-refractivity contribution is 5.94. The second-order valence-corrected chi connectivity index (χ2v) is 6.03. The number of aliphatic hydroxyl groups is 1. The standard InChI is InChI=1S/C19H21FN2O2/c20-17-8-4-7-16(13-17)19(24)22-11-9-21(10-12-22)14-18(23)15-5-2-1-3-6-15/h1-8,13,18,23H,9-12,14H2/t18-/m0/s1. The van der Waals surface area contributed by atoms with Crippen LogP contribution in [0.15, 0.2) is 54.6 Å². The predicted octanol–water partition coefficient (Wildman–Crippen LogP) is 2.32. The number of β-amino-alcohol motifs (C(OH)–C–C–N with tert-alkyl or cyclic N) is 1. The fourth-order valence-electron chi connectivity index (χ4n) is 2.96. The smallest absolute Gasteiger partial charge is 0.254 e. The number of halogens is 1. The molecule has 1 fully saturated rings. The number of hydrogen-bond acceptors (Lipinski definition) is 3. The first-order valence-corrected chi connectivity index (χ1v) is 8.14. The van der Waals surface area contributed by atoms with Gasteiger partial charge in [0, 0.05) is 38.3 Å². The maximum atomic E-state index is 13.3. The molecular formula is C19H21FN2O2. The van der Waals surface area contributed by atoms with Gasteiger partial charge in [0.2, 0.25) is 0 Å². The molecule has 1 heterocycles. The van der Waals surface area contributed by atoms with Gasteiger partial charge in [-0.25, -0.2) is 4.39 Å². The number of carbonyl (C=O) groups excluding carboxylic acids is 1. The molecular weight excluding hydrogens is 307 g/mol. The Morgan fingerprint density at radius 2 is 1.75 bits per heavy atom. The largest absolute Gasteiger partial charge is 0.387 e. The molecule has 0 aromatic heterocycles. The van der Waals surface area contributed by atoms with Crippen molar-refractivity contribution in [3.63, 3.8) is 0 Å². The molecule has 0 aliphatic carbocycles. The summed E-state index contributed by atoms with van der Waals surface area (Å²) in [5.74, 6) is -0.539. The Hall–Kier alpha value is -2.24. The molecule has 0 spiro atoms. The van der Waals surface area contributed by atoms with Crippen molar-refractivity contribution in [2.45, 2.75) is 6.10 Å². The number of hydrogen-bond donors (Lipinski definition) is 1. The van der Waals surface area contributed by atoms with Crippen molar-refractivity contribution in [1.82, 2.24) is 9.80 Å². The molecule has 1 saturated heterocycles. The fourth-order valence-corrected chi connectivity index (χ4v) is 2.96. The van der Waals surface area contributed by atoms with Crippen LogP contribution >= 0.6 is 0 Å². The molecule has 2 aromatic carbocycles. The van der Waals surface area contributed by atoms with Gasteiger partial charge >= 0.3 is 0 Å². The van der Waals surface area contributed by atoms with Crippen LogP contribution in [-0.4, -0.2) is 53.5 Å². The Labute approximate surface area is 141 Å². The third-order valence-corrected chi connectivity index (χ3v) is 4.35. The van der Waals surface area contributed by atoms with Gasteiger partial charge in [0.1, 0.15) is 5.82 Å². The average molecular weight is 328 g/mol. The minimum absolute atomic E-state index is 0.141. The lowest BCUT2D eigenvalue weighted by Crippen LogP contribution is -2.49. The Balaban J connectivity index is 1.53. The van der Waals surface area contributed by atoms with E-state index in [1.165, 1.54) is 12.1 Å². The van der Waals surface area contributed by atoms with Crippen LogP contribution in [0.25, 0.3) is 0 Å². The molecule has 1 amide bonds. The summed E-state index contributed by atoms with van der Waals surface area (Å²) < 4.78 is 13.3. The van der Waals surface area contributed by atoms with E-state index in [2.05, 4.69) is 4.90 Å². The lowest BCUT2D eigenvalue weighted by Gasteiger charge is -2.35. The molecule has 1 aliphatic rings. The molecule has 126 valence electrons. The molecule has 0 unspecified atom stereocenters. The van der Waals surface area contributed by atoms with Crippen LogP contribution in [0.2, 0.25) is 0 Å². The molecule has 5 heteroatoms. The summed E-state index contributed by atoms with van der Waals surface area (Å²) in [5.41, 5.74) is 1.28.